The van der Waals surface area contributed by atoms with Gasteiger partial charge in [0.05, 0.1) is 5.71 Å². The molecule has 0 aliphatic heterocycles. The summed E-state index contributed by atoms with van der Waals surface area (Å²) in [5.41, 5.74) is 3.06. The van der Waals surface area contributed by atoms with Crippen LogP contribution >= 0.6 is 0 Å². The van der Waals surface area contributed by atoms with Crippen LogP contribution in [-0.2, 0) is 4.79 Å². The molecular weight excluding hydrogens is 198 g/mol. The lowest BCUT2D eigenvalue weighted by Gasteiger charge is -2.07. The van der Waals surface area contributed by atoms with Crippen molar-refractivity contribution in [3.8, 4) is 0 Å². The topological polar surface area (TPSA) is 29.4 Å². The first-order valence-electron chi connectivity index (χ1n) is 5.64. The standard InChI is InChI=1S/C14H19NO/c1-11(10-14(15-3)12(2)16)9-13-7-5-4-6-8-13/h5,7-8,10H,4,6,9H2,1-3H3/b11-10+,15-14?. The van der Waals surface area contributed by atoms with Crippen LogP contribution in [0.2, 0.25) is 0 Å². The van der Waals surface area contributed by atoms with Crippen LogP contribution in [0.3, 0.4) is 0 Å². The van der Waals surface area contributed by atoms with Crippen molar-refractivity contribution in [3.05, 3.63) is 35.5 Å². The van der Waals surface area contributed by atoms with Crippen LogP contribution in [0.1, 0.15) is 33.1 Å². The number of allylic oxidation sites excluding steroid dienone is 6. The highest BCUT2D eigenvalue weighted by Crippen LogP contribution is 2.17. The van der Waals surface area contributed by atoms with E-state index in [0.717, 1.165) is 19.3 Å². The normalized spacial score (nSPS) is 17.3. The smallest absolute Gasteiger partial charge is 0.177 e. The van der Waals surface area contributed by atoms with Gasteiger partial charge in [0.25, 0.3) is 0 Å². The zero-order valence-electron chi connectivity index (χ0n) is 10.3. The number of hydrogen-bond acceptors (Lipinski definition) is 2. The molecule has 0 spiro atoms. The van der Waals surface area contributed by atoms with Crippen LogP contribution in [0.25, 0.3) is 0 Å². The van der Waals surface area contributed by atoms with Crippen molar-refractivity contribution in [1.82, 2.24) is 0 Å². The lowest BCUT2D eigenvalue weighted by molar-refractivity contribution is -0.111. The quantitative estimate of drug-likeness (QED) is 0.665. The Morgan fingerprint density at radius 2 is 2.19 bits per heavy atom. The maximum atomic E-state index is 11.2. The van der Waals surface area contributed by atoms with Gasteiger partial charge >= 0.3 is 0 Å². The number of Topliss-reactive ketones (excluding diaryl/α,β-unsaturated/α-hetero) is 1. The molecule has 0 heterocycles. The number of hydrogen-bond donors (Lipinski definition) is 0. The molecule has 0 bridgehead atoms. The molecule has 0 aromatic rings. The Balaban J connectivity index is 2.67. The minimum atomic E-state index is 0.0232. The summed E-state index contributed by atoms with van der Waals surface area (Å²) < 4.78 is 0. The lowest BCUT2D eigenvalue weighted by Crippen LogP contribution is -2.07. The molecule has 16 heavy (non-hydrogen) atoms. The first-order chi connectivity index (χ1) is 7.63. The van der Waals surface area contributed by atoms with Crippen LogP contribution in [-0.4, -0.2) is 18.5 Å². The van der Waals surface area contributed by atoms with Crippen molar-refractivity contribution < 1.29 is 4.79 Å². The molecule has 2 heteroatoms. The van der Waals surface area contributed by atoms with E-state index in [1.54, 1.807) is 14.0 Å². The fraction of sp³-hybridized carbons (Fsp3) is 0.429. The van der Waals surface area contributed by atoms with Crippen LogP contribution < -0.4 is 0 Å². The molecule has 0 radical (unpaired) electrons. The summed E-state index contributed by atoms with van der Waals surface area (Å²) >= 11 is 0. The van der Waals surface area contributed by atoms with E-state index in [9.17, 15) is 4.79 Å². The minimum absolute atomic E-state index is 0.0232. The Morgan fingerprint density at radius 1 is 1.44 bits per heavy atom. The monoisotopic (exact) mass is 217 g/mol. The van der Waals surface area contributed by atoms with Crippen molar-refractivity contribution >= 4 is 11.5 Å². The molecule has 1 aliphatic rings. The van der Waals surface area contributed by atoms with Crippen LogP contribution in [0.4, 0.5) is 0 Å². The first kappa shape index (κ1) is 12.6. The van der Waals surface area contributed by atoms with Gasteiger partial charge in [0, 0.05) is 14.0 Å². The van der Waals surface area contributed by atoms with E-state index >= 15 is 0 Å². The van der Waals surface area contributed by atoms with Crippen molar-refractivity contribution in [2.75, 3.05) is 7.05 Å². The third-order valence-corrected chi connectivity index (χ3v) is 2.54. The van der Waals surface area contributed by atoms with E-state index in [4.69, 9.17) is 0 Å². The van der Waals surface area contributed by atoms with Crippen molar-refractivity contribution in [2.24, 2.45) is 4.99 Å². The second-order valence-electron chi connectivity index (χ2n) is 4.09. The summed E-state index contributed by atoms with van der Waals surface area (Å²) in [4.78, 5) is 15.2. The minimum Gasteiger partial charge on any atom is -0.293 e. The predicted molar refractivity (Wildman–Crippen MR) is 68.9 cm³/mol. The van der Waals surface area contributed by atoms with E-state index < -0.39 is 0 Å². The molecule has 1 rings (SSSR count). The molecule has 1 aliphatic carbocycles. The Hall–Kier alpha value is -1.44. The van der Waals surface area contributed by atoms with Crippen molar-refractivity contribution in [2.45, 2.75) is 33.1 Å². The number of carbonyl (C=O) groups excluding carboxylic acids is 1. The predicted octanol–water partition coefficient (Wildman–Crippen LogP) is 3.26. The van der Waals surface area contributed by atoms with Gasteiger partial charge in [0.2, 0.25) is 0 Å². The Labute approximate surface area is 97.5 Å². The van der Waals surface area contributed by atoms with Gasteiger partial charge in [-0.05, 0) is 37.8 Å². The maximum absolute atomic E-state index is 11.2. The number of carbonyl (C=O) groups is 1. The van der Waals surface area contributed by atoms with Gasteiger partial charge in [-0.1, -0.05) is 23.8 Å². The van der Waals surface area contributed by atoms with Gasteiger partial charge in [0.15, 0.2) is 5.78 Å². The van der Waals surface area contributed by atoms with Crippen molar-refractivity contribution in [3.63, 3.8) is 0 Å². The molecular formula is C14H19NO. The molecule has 0 saturated carbocycles. The fourth-order valence-electron chi connectivity index (χ4n) is 1.73. The van der Waals surface area contributed by atoms with E-state index in [1.165, 1.54) is 11.1 Å². The third kappa shape index (κ3) is 3.97. The van der Waals surface area contributed by atoms with E-state index in [1.807, 2.05) is 13.0 Å². The summed E-state index contributed by atoms with van der Waals surface area (Å²) in [5, 5.41) is 0. The molecule has 0 aromatic carbocycles. The number of rotatable bonds is 4. The maximum Gasteiger partial charge on any atom is 0.177 e. The molecule has 0 aromatic heterocycles. The van der Waals surface area contributed by atoms with Gasteiger partial charge in [0.1, 0.15) is 0 Å². The SMILES string of the molecule is CN=C(/C=C(\C)CC1=CCCC=C1)C(C)=O. The van der Waals surface area contributed by atoms with E-state index in [-0.39, 0.29) is 5.78 Å². The zero-order chi connectivity index (χ0) is 12.0. The molecule has 0 N–H and O–H groups in total. The van der Waals surface area contributed by atoms with Gasteiger partial charge in [-0.25, -0.2) is 0 Å². The molecule has 0 amide bonds. The fourth-order valence-corrected chi connectivity index (χ4v) is 1.73. The van der Waals surface area contributed by atoms with Gasteiger partial charge < -0.3 is 0 Å². The molecule has 0 atom stereocenters. The second kappa shape index (κ2) is 6.21. The number of nitrogens with zero attached hydrogens (tertiary/aromatic N) is 1. The average molecular weight is 217 g/mol. The Kier molecular flexibility index (Phi) is 4.90. The largest absolute Gasteiger partial charge is 0.293 e. The van der Waals surface area contributed by atoms with Crippen LogP contribution in [0, 0.1) is 0 Å². The molecule has 0 fully saturated rings. The highest BCUT2D eigenvalue weighted by atomic mass is 16.1. The van der Waals surface area contributed by atoms with Crippen LogP contribution in [0.15, 0.2) is 40.4 Å². The summed E-state index contributed by atoms with van der Waals surface area (Å²) in [7, 11) is 1.65. The molecule has 0 unspecified atom stereocenters. The summed E-state index contributed by atoms with van der Waals surface area (Å²) in [5.74, 6) is 0.0232. The van der Waals surface area contributed by atoms with Crippen molar-refractivity contribution in [1.29, 1.82) is 0 Å². The van der Waals surface area contributed by atoms with Crippen LogP contribution in [0.5, 0.6) is 0 Å². The van der Waals surface area contributed by atoms with Gasteiger partial charge in [-0.15, -0.1) is 0 Å². The highest BCUT2D eigenvalue weighted by Gasteiger charge is 2.03. The lowest BCUT2D eigenvalue weighted by atomic mass is 9.99. The Bertz CT molecular complexity index is 384. The zero-order valence-corrected chi connectivity index (χ0v) is 10.3. The average Bonchev–Trinajstić information content (AvgIpc) is 2.27. The van der Waals surface area contributed by atoms with Gasteiger partial charge in [-0.2, -0.15) is 0 Å². The molecule has 86 valence electrons. The van der Waals surface area contributed by atoms with E-state index in [0.29, 0.717) is 5.71 Å². The summed E-state index contributed by atoms with van der Waals surface area (Å²) in [6, 6.07) is 0. The first-order valence-corrected chi connectivity index (χ1v) is 5.64. The van der Waals surface area contributed by atoms with Gasteiger partial charge in [-0.3, -0.25) is 9.79 Å². The third-order valence-electron chi connectivity index (χ3n) is 2.54. The number of aliphatic imine (C=N–C) groups is 1. The highest BCUT2D eigenvalue weighted by molar-refractivity contribution is 6.43. The Morgan fingerprint density at radius 3 is 2.69 bits per heavy atom. The molecule has 2 nitrogen and oxygen atoms in total. The molecule has 0 saturated heterocycles. The van der Waals surface area contributed by atoms with E-state index in [2.05, 4.69) is 23.2 Å². The summed E-state index contributed by atoms with van der Waals surface area (Å²) in [6.07, 6.45) is 11.7. The number of ketones is 1. The second-order valence-corrected chi connectivity index (χ2v) is 4.09. The summed E-state index contributed by atoms with van der Waals surface area (Å²) in [6.45, 7) is 3.59.